The molecule has 2 amide bonds. The number of hydrogen-bond acceptors (Lipinski definition) is 3. The number of piperidine rings is 1. The molecule has 0 bridgehead atoms. The number of ether oxygens (including phenoxy) is 1. The second-order valence-electron chi connectivity index (χ2n) is 6.93. The minimum atomic E-state index is -0.438. The topological polar surface area (TPSA) is 58.6 Å². The Bertz CT molecular complexity index is 364. The standard InChI is InChI=1S/C15H26N2O3/c1-15(2,3)20-14(19)17-8-6-11(7-9-17)10-16-13(18)12-4-5-12/h11-12H,4-10H2,1-3H3,(H,16,18). The van der Waals surface area contributed by atoms with Crippen LogP contribution in [0, 0.1) is 11.8 Å². The smallest absolute Gasteiger partial charge is 0.410 e. The molecule has 1 aliphatic heterocycles. The maximum atomic E-state index is 11.9. The largest absolute Gasteiger partial charge is 0.444 e. The van der Waals surface area contributed by atoms with E-state index in [2.05, 4.69) is 5.32 Å². The third-order valence-electron chi connectivity index (χ3n) is 3.78. The van der Waals surface area contributed by atoms with Gasteiger partial charge in [0.05, 0.1) is 0 Å². The SMILES string of the molecule is CC(C)(C)OC(=O)N1CCC(CNC(=O)C2CC2)CC1. The maximum Gasteiger partial charge on any atom is 0.410 e. The van der Waals surface area contributed by atoms with Crippen LogP contribution >= 0.6 is 0 Å². The molecule has 2 rings (SSSR count). The molecule has 5 nitrogen and oxygen atoms in total. The first kappa shape index (κ1) is 15.1. The van der Waals surface area contributed by atoms with E-state index in [-0.39, 0.29) is 17.9 Å². The zero-order chi connectivity index (χ0) is 14.8. The van der Waals surface area contributed by atoms with Gasteiger partial charge >= 0.3 is 6.09 Å². The summed E-state index contributed by atoms with van der Waals surface area (Å²) in [7, 11) is 0. The van der Waals surface area contributed by atoms with E-state index in [4.69, 9.17) is 4.74 Å². The average Bonchev–Trinajstić information content (AvgIpc) is 3.18. The van der Waals surface area contributed by atoms with Gasteiger partial charge in [-0.3, -0.25) is 4.79 Å². The van der Waals surface area contributed by atoms with Gasteiger partial charge in [0.25, 0.3) is 0 Å². The number of amides is 2. The summed E-state index contributed by atoms with van der Waals surface area (Å²) >= 11 is 0. The van der Waals surface area contributed by atoms with Crippen molar-refractivity contribution in [3.8, 4) is 0 Å². The van der Waals surface area contributed by atoms with Gasteiger partial charge in [0.1, 0.15) is 5.60 Å². The third-order valence-corrected chi connectivity index (χ3v) is 3.78. The van der Waals surface area contributed by atoms with Crippen LogP contribution in [0.5, 0.6) is 0 Å². The van der Waals surface area contributed by atoms with Gasteiger partial charge in [0, 0.05) is 25.6 Å². The van der Waals surface area contributed by atoms with Crippen molar-refractivity contribution in [1.82, 2.24) is 10.2 Å². The van der Waals surface area contributed by atoms with Crippen molar-refractivity contribution in [3.63, 3.8) is 0 Å². The molecule has 1 heterocycles. The Kier molecular flexibility index (Phi) is 4.55. The fraction of sp³-hybridized carbons (Fsp3) is 0.867. The lowest BCUT2D eigenvalue weighted by molar-refractivity contribution is -0.122. The van der Waals surface area contributed by atoms with E-state index in [1.165, 1.54) is 0 Å². The molecule has 114 valence electrons. The molecule has 0 spiro atoms. The van der Waals surface area contributed by atoms with Gasteiger partial charge in [-0.2, -0.15) is 0 Å². The summed E-state index contributed by atoms with van der Waals surface area (Å²) in [5, 5.41) is 3.02. The van der Waals surface area contributed by atoms with Crippen LogP contribution in [0.25, 0.3) is 0 Å². The van der Waals surface area contributed by atoms with Crippen LogP contribution in [0.15, 0.2) is 0 Å². The summed E-state index contributed by atoms with van der Waals surface area (Å²) in [6.45, 7) is 7.83. The molecule has 0 aromatic carbocycles. The second kappa shape index (κ2) is 6.02. The average molecular weight is 282 g/mol. The van der Waals surface area contributed by atoms with Crippen LogP contribution in [0.3, 0.4) is 0 Å². The predicted molar refractivity (Wildman–Crippen MR) is 76.3 cm³/mol. The van der Waals surface area contributed by atoms with Crippen molar-refractivity contribution in [3.05, 3.63) is 0 Å². The molecular formula is C15H26N2O3. The summed E-state index contributed by atoms with van der Waals surface area (Å²) in [5.41, 5.74) is -0.438. The lowest BCUT2D eigenvalue weighted by Crippen LogP contribution is -2.43. The summed E-state index contributed by atoms with van der Waals surface area (Å²) in [6.07, 6.45) is 3.73. The molecule has 0 unspecified atom stereocenters. The fourth-order valence-electron chi connectivity index (χ4n) is 2.38. The van der Waals surface area contributed by atoms with Gasteiger partial charge in [-0.15, -0.1) is 0 Å². The molecule has 5 heteroatoms. The molecule has 2 aliphatic rings. The van der Waals surface area contributed by atoms with Crippen LogP contribution in [0.1, 0.15) is 46.5 Å². The van der Waals surface area contributed by atoms with Crippen LogP contribution in [0.4, 0.5) is 4.79 Å². The molecule has 0 aromatic heterocycles. The Hall–Kier alpha value is -1.26. The highest BCUT2D eigenvalue weighted by atomic mass is 16.6. The van der Waals surface area contributed by atoms with Gasteiger partial charge < -0.3 is 15.0 Å². The summed E-state index contributed by atoms with van der Waals surface area (Å²) in [5.74, 6) is 0.966. The Labute approximate surface area is 121 Å². The number of likely N-dealkylation sites (tertiary alicyclic amines) is 1. The van der Waals surface area contributed by atoms with Crippen LogP contribution in [-0.4, -0.2) is 42.1 Å². The van der Waals surface area contributed by atoms with E-state index in [9.17, 15) is 9.59 Å². The quantitative estimate of drug-likeness (QED) is 0.863. The molecule has 0 atom stereocenters. The fourth-order valence-corrected chi connectivity index (χ4v) is 2.38. The number of rotatable bonds is 3. The predicted octanol–water partition coefficient (Wildman–Crippen LogP) is 2.16. The Morgan fingerprint density at radius 1 is 1.15 bits per heavy atom. The van der Waals surface area contributed by atoms with E-state index in [1.807, 2.05) is 20.8 Å². The molecule has 1 N–H and O–H groups in total. The zero-order valence-electron chi connectivity index (χ0n) is 12.8. The normalized spacial score (nSPS) is 20.6. The second-order valence-corrected chi connectivity index (χ2v) is 6.93. The van der Waals surface area contributed by atoms with E-state index in [0.29, 0.717) is 5.92 Å². The van der Waals surface area contributed by atoms with Gasteiger partial charge in [-0.25, -0.2) is 4.79 Å². The number of carbonyl (C=O) groups excluding carboxylic acids is 2. The number of hydrogen-bond donors (Lipinski definition) is 1. The first-order chi connectivity index (χ1) is 9.35. The summed E-state index contributed by atoms with van der Waals surface area (Å²) < 4.78 is 5.37. The van der Waals surface area contributed by atoms with E-state index in [1.54, 1.807) is 4.90 Å². The Morgan fingerprint density at radius 3 is 2.25 bits per heavy atom. The highest BCUT2D eigenvalue weighted by Gasteiger charge is 2.31. The molecule has 0 aromatic rings. The minimum absolute atomic E-state index is 0.208. The van der Waals surface area contributed by atoms with Crippen LogP contribution in [0.2, 0.25) is 0 Å². The number of carbonyl (C=O) groups is 2. The first-order valence-electron chi connectivity index (χ1n) is 7.61. The molecular weight excluding hydrogens is 256 g/mol. The van der Waals surface area contributed by atoms with Gasteiger partial charge in [-0.05, 0) is 52.4 Å². The lowest BCUT2D eigenvalue weighted by Gasteiger charge is -2.33. The van der Waals surface area contributed by atoms with Gasteiger partial charge in [-0.1, -0.05) is 0 Å². The zero-order valence-corrected chi connectivity index (χ0v) is 12.8. The molecule has 1 aliphatic carbocycles. The first-order valence-corrected chi connectivity index (χ1v) is 7.61. The van der Waals surface area contributed by atoms with Crippen molar-refractivity contribution in [1.29, 1.82) is 0 Å². The Balaban J connectivity index is 1.66. The maximum absolute atomic E-state index is 11.9. The highest BCUT2D eigenvalue weighted by Crippen LogP contribution is 2.29. The highest BCUT2D eigenvalue weighted by molar-refractivity contribution is 5.80. The van der Waals surface area contributed by atoms with E-state index >= 15 is 0 Å². The lowest BCUT2D eigenvalue weighted by atomic mass is 9.97. The molecule has 0 radical (unpaired) electrons. The van der Waals surface area contributed by atoms with Gasteiger partial charge in [0.2, 0.25) is 5.91 Å². The number of nitrogens with one attached hydrogen (secondary N) is 1. The van der Waals surface area contributed by atoms with Crippen molar-refractivity contribution >= 4 is 12.0 Å². The molecule has 20 heavy (non-hydrogen) atoms. The minimum Gasteiger partial charge on any atom is -0.444 e. The van der Waals surface area contributed by atoms with Crippen molar-refractivity contribution in [2.75, 3.05) is 19.6 Å². The van der Waals surface area contributed by atoms with Gasteiger partial charge in [0.15, 0.2) is 0 Å². The van der Waals surface area contributed by atoms with Crippen LogP contribution < -0.4 is 5.32 Å². The molecule has 2 fully saturated rings. The van der Waals surface area contributed by atoms with Crippen LogP contribution in [-0.2, 0) is 9.53 Å². The summed E-state index contributed by atoms with van der Waals surface area (Å²) in [4.78, 5) is 25.3. The third kappa shape index (κ3) is 4.69. The van der Waals surface area contributed by atoms with Crippen molar-refractivity contribution in [2.24, 2.45) is 11.8 Å². The van der Waals surface area contributed by atoms with E-state index in [0.717, 1.165) is 45.3 Å². The molecule has 1 saturated heterocycles. The van der Waals surface area contributed by atoms with Crippen molar-refractivity contribution < 1.29 is 14.3 Å². The Morgan fingerprint density at radius 2 is 1.75 bits per heavy atom. The summed E-state index contributed by atoms with van der Waals surface area (Å²) in [6, 6.07) is 0. The monoisotopic (exact) mass is 282 g/mol. The van der Waals surface area contributed by atoms with E-state index < -0.39 is 5.60 Å². The molecule has 1 saturated carbocycles. The number of nitrogens with zero attached hydrogens (tertiary/aromatic N) is 1. The van der Waals surface area contributed by atoms with Crippen molar-refractivity contribution in [2.45, 2.75) is 52.1 Å².